The summed E-state index contributed by atoms with van der Waals surface area (Å²) in [5.41, 5.74) is -3.00. The molecule has 62 heavy (non-hydrogen) atoms. The van der Waals surface area contributed by atoms with Crippen LogP contribution in [0.2, 0.25) is 15.1 Å². The number of carbonyl (C=O) groups is 3. The van der Waals surface area contributed by atoms with Crippen molar-refractivity contribution < 1.29 is 77.1 Å². The van der Waals surface area contributed by atoms with Crippen LogP contribution >= 0.6 is 34.8 Å². The SMILES string of the molecule is COC(=O)N(C(=O)N1CO[C@@]2(C(=O)OC)Cc3cc(Cl)ccc3C2=N1)c1ccc(OC(F)(F)F)cc1.N#Cc1nn(-c2c(Cl)cc(C(F)(F)F)cc2Cl)c(N)c1S(=O)C(F)(F)F. The van der Waals surface area contributed by atoms with E-state index in [-0.39, 0.29) is 17.8 Å². The number of rotatable bonds is 5. The van der Waals surface area contributed by atoms with Crippen molar-refractivity contribution in [2.75, 3.05) is 31.6 Å². The van der Waals surface area contributed by atoms with Crippen LogP contribution in [-0.4, -0.2) is 81.2 Å². The number of nitrogens with two attached hydrogens (primary N) is 1. The number of imide groups is 1. The second-order valence-corrected chi connectivity index (χ2v) is 14.8. The number of alkyl halides is 9. The number of aromatic nitrogens is 2. The molecule has 0 saturated carbocycles. The van der Waals surface area contributed by atoms with Gasteiger partial charge in [-0.2, -0.15) is 51.7 Å². The number of anilines is 2. The molecule has 1 aliphatic carbocycles. The number of ether oxygens (including phenoxy) is 4. The zero-order chi connectivity index (χ0) is 46.3. The van der Waals surface area contributed by atoms with Crippen LogP contribution in [0.1, 0.15) is 22.4 Å². The third-order valence-electron chi connectivity index (χ3n) is 8.34. The molecule has 1 aromatic heterocycles. The first-order chi connectivity index (χ1) is 28.8. The van der Waals surface area contributed by atoms with Crippen molar-refractivity contribution in [3.05, 3.63) is 92.0 Å². The number of hydrogen-bond acceptors (Lipinski definition) is 12. The lowest BCUT2D eigenvalue weighted by Gasteiger charge is -2.35. The van der Waals surface area contributed by atoms with Crippen molar-refractivity contribution in [1.29, 1.82) is 5.26 Å². The Bertz CT molecular complexity index is 2530. The summed E-state index contributed by atoms with van der Waals surface area (Å²) in [6, 6.07) is 9.89. The fraction of sp³-hybridized carbons (Fsp3) is 0.235. The fourth-order valence-electron chi connectivity index (χ4n) is 5.76. The summed E-state index contributed by atoms with van der Waals surface area (Å²) in [6.45, 7) is -0.554. The van der Waals surface area contributed by atoms with E-state index in [1.165, 1.54) is 13.2 Å². The van der Waals surface area contributed by atoms with Crippen molar-refractivity contribution in [3.8, 4) is 17.5 Å². The third kappa shape index (κ3) is 9.48. The van der Waals surface area contributed by atoms with E-state index in [0.29, 0.717) is 37.9 Å². The van der Waals surface area contributed by atoms with Gasteiger partial charge in [-0.1, -0.05) is 40.9 Å². The molecule has 2 N–H and O–H groups in total. The predicted molar refractivity (Wildman–Crippen MR) is 198 cm³/mol. The summed E-state index contributed by atoms with van der Waals surface area (Å²) in [6.07, 6.45) is -10.8. The molecule has 0 fully saturated rings. The topological polar surface area (TPSA) is 192 Å². The molecule has 0 saturated heterocycles. The molecule has 3 amide bonds. The molecule has 1 aliphatic heterocycles. The van der Waals surface area contributed by atoms with Gasteiger partial charge in [0.1, 0.15) is 40.7 Å². The Labute approximate surface area is 358 Å². The Morgan fingerprint density at radius 3 is 2.08 bits per heavy atom. The molecule has 330 valence electrons. The lowest BCUT2D eigenvalue weighted by atomic mass is 9.97. The van der Waals surface area contributed by atoms with Crippen molar-refractivity contribution in [1.82, 2.24) is 14.8 Å². The minimum absolute atomic E-state index is 0.0534. The molecule has 6 rings (SSSR count). The van der Waals surface area contributed by atoms with Gasteiger partial charge in [0, 0.05) is 17.0 Å². The maximum absolute atomic E-state index is 13.3. The summed E-state index contributed by atoms with van der Waals surface area (Å²) >= 11 is 17.6. The van der Waals surface area contributed by atoms with Gasteiger partial charge in [-0.15, -0.1) is 13.2 Å². The minimum Gasteiger partial charge on any atom is -0.467 e. The van der Waals surface area contributed by atoms with Crippen molar-refractivity contribution in [2.45, 2.75) is 35.0 Å². The molecule has 0 spiro atoms. The Morgan fingerprint density at radius 2 is 1.56 bits per heavy atom. The van der Waals surface area contributed by atoms with Crippen molar-refractivity contribution in [3.63, 3.8) is 0 Å². The molecule has 3 aromatic carbocycles. The van der Waals surface area contributed by atoms with Crippen LogP contribution < -0.4 is 15.4 Å². The van der Waals surface area contributed by atoms with Crippen LogP contribution in [0.4, 0.5) is 60.6 Å². The quantitative estimate of drug-likeness (QED) is 0.149. The van der Waals surface area contributed by atoms with Gasteiger partial charge in [0.2, 0.25) is 5.60 Å². The van der Waals surface area contributed by atoms with E-state index in [4.69, 9.17) is 55.3 Å². The van der Waals surface area contributed by atoms with E-state index in [1.807, 2.05) is 0 Å². The molecule has 2 aliphatic rings. The number of halogens is 12. The molecule has 28 heteroatoms. The van der Waals surface area contributed by atoms with Gasteiger partial charge >= 0.3 is 36.1 Å². The van der Waals surface area contributed by atoms with E-state index < -0.39 is 103 Å². The van der Waals surface area contributed by atoms with E-state index in [1.54, 1.807) is 18.2 Å². The lowest BCUT2D eigenvalue weighted by Crippen LogP contribution is -2.56. The Balaban J connectivity index is 0.000000247. The Hall–Kier alpha value is -5.81. The molecule has 0 radical (unpaired) electrons. The number of fused-ring (bicyclic) bond motifs is 3. The van der Waals surface area contributed by atoms with Crippen LogP contribution in [0.15, 0.2) is 64.6 Å². The maximum atomic E-state index is 13.3. The average molecular weight is 965 g/mol. The van der Waals surface area contributed by atoms with Gasteiger partial charge in [-0.25, -0.2) is 23.3 Å². The van der Waals surface area contributed by atoms with Gasteiger partial charge < -0.3 is 24.7 Å². The fourth-order valence-corrected chi connectivity index (χ4v) is 7.37. The summed E-state index contributed by atoms with van der Waals surface area (Å²) in [5, 5.41) is 16.5. The Kier molecular flexibility index (Phi) is 13.3. The summed E-state index contributed by atoms with van der Waals surface area (Å²) in [7, 11) is -1.51. The monoisotopic (exact) mass is 963 g/mol. The molecule has 2 heterocycles. The number of urea groups is 1. The summed E-state index contributed by atoms with van der Waals surface area (Å²) in [4.78, 5) is 37.9. The number of carbonyl (C=O) groups excluding carboxylic acids is 3. The maximum Gasteiger partial charge on any atom is 0.573 e. The van der Waals surface area contributed by atoms with Crippen LogP contribution in [0, 0.1) is 11.3 Å². The number of nitrogens with zero attached hydrogens (tertiary/aromatic N) is 6. The van der Waals surface area contributed by atoms with Gasteiger partial charge in [0.25, 0.3) is 0 Å². The van der Waals surface area contributed by atoms with E-state index in [2.05, 4.69) is 19.7 Å². The van der Waals surface area contributed by atoms with Crippen LogP contribution in [0.5, 0.6) is 5.75 Å². The molecular weight excluding hydrogens is 944 g/mol. The lowest BCUT2D eigenvalue weighted by molar-refractivity contribution is -0.274. The number of nitriles is 1. The first-order valence-corrected chi connectivity index (χ1v) is 18.6. The number of esters is 1. The standard InChI is InChI=1S/C22H17ClF3N3O7.C12H4Cl2F6N4OS/c1-33-18(30)21-10-12-9-13(23)3-8-16(12)17(21)27-28(11-35-21)19(31)29(20(32)34-2)14-4-6-15(7-5-14)36-22(24,25)26;13-5-1-4(11(15,16)17)2-6(14)8(5)24-10(22)9(7(3-21)23-24)26(25)12(18,19)20/h3-9H,10-11H2,1-2H3;1-2H,22H2/t21-;/m0./s1. The summed E-state index contributed by atoms with van der Waals surface area (Å²) < 4.78 is 145. The van der Waals surface area contributed by atoms with Gasteiger partial charge in [0.15, 0.2) is 16.5 Å². The number of benzene rings is 3. The molecule has 4 aromatic rings. The van der Waals surface area contributed by atoms with Gasteiger partial charge in [-0.05, 0) is 54.1 Å². The van der Waals surface area contributed by atoms with E-state index in [9.17, 15) is 58.1 Å². The van der Waals surface area contributed by atoms with E-state index >= 15 is 0 Å². The number of hydrogen-bond donors (Lipinski definition) is 1. The number of methoxy groups -OCH3 is 2. The highest BCUT2D eigenvalue weighted by Crippen LogP contribution is 2.41. The normalized spacial score (nSPS) is 16.4. The first kappa shape index (κ1) is 47.2. The van der Waals surface area contributed by atoms with Crippen LogP contribution in [0.3, 0.4) is 0 Å². The highest BCUT2D eigenvalue weighted by atomic mass is 35.5. The second-order valence-electron chi connectivity index (χ2n) is 12.1. The largest absolute Gasteiger partial charge is 0.573 e. The van der Waals surface area contributed by atoms with Crippen molar-refractivity contribution in [2.24, 2.45) is 5.10 Å². The highest BCUT2D eigenvalue weighted by molar-refractivity contribution is 7.86. The zero-order valence-electron chi connectivity index (χ0n) is 30.6. The predicted octanol–water partition coefficient (Wildman–Crippen LogP) is 8.37. The highest BCUT2D eigenvalue weighted by Gasteiger charge is 2.55. The number of amides is 3. The number of nitrogen functional groups attached to an aromatic ring is 1. The molecule has 1 unspecified atom stereocenters. The number of hydrazone groups is 1. The smallest absolute Gasteiger partial charge is 0.467 e. The summed E-state index contributed by atoms with van der Waals surface area (Å²) in [5.74, 6) is -2.21. The van der Waals surface area contributed by atoms with Gasteiger partial charge in [0.05, 0.1) is 35.5 Å². The Morgan fingerprint density at radius 1 is 0.952 bits per heavy atom. The molecule has 2 atom stereocenters. The van der Waals surface area contributed by atoms with Crippen LogP contribution in [0.25, 0.3) is 5.69 Å². The van der Waals surface area contributed by atoms with Crippen LogP contribution in [-0.2, 0) is 42.4 Å². The zero-order valence-corrected chi connectivity index (χ0v) is 33.7. The van der Waals surface area contributed by atoms with Crippen molar-refractivity contribution >= 4 is 80.9 Å². The van der Waals surface area contributed by atoms with E-state index in [0.717, 1.165) is 36.4 Å². The molecule has 0 bridgehead atoms. The molecular formula is C34H21Cl3F9N7O8S. The molecule has 15 nitrogen and oxygen atoms in total. The van der Waals surface area contributed by atoms with Gasteiger partial charge in [-0.3, -0.25) is 0 Å². The third-order valence-corrected chi connectivity index (χ3v) is 10.3. The minimum atomic E-state index is -5.25. The first-order valence-electron chi connectivity index (χ1n) is 16.3. The average Bonchev–Trinajstić information content (AvgIpc) is 3.69. The second kappa shape index (κ2) is 17.5.